The largest absolute Gasteiger partial charge is 0.383 e. The fourth-order valence-corrected chi connectivity index (χ4v) is 9.40. The number of rotatable bonds is 5. The van der Waals surface area contributed by atoms with E-state index >= 15 is 0 Å². The van der Waals surface area contributed by atoms with Crippen molar-refractivity contribution in [2.24, 2.45) is 10.7 Å². The van der Waals surface area contributed by atoms with Crippen LogP contribution in [0.25, 0.3) is 62.0 Å². The van der Waals surface area contributed by atoms with E-state index in [1.165, 1.54) is 60.5 Å². The van der Waals surface area contributed by atoms with Gasteiger partial charge in [-0.1, -0.05) is 147 Å². The van der Waals surface area contributed by atoms with Gasteiger partial charge in [0.2, 0.25) is 0 Å². The molecule has 7 aromatic carbocycles. The van der Waals surface area contributed by atoms with Crippen LogP contribution in [0.15, 0.2) is 156 Å². The molecule has 7 aromatic rings. The SMILES string of the molecule is C=c1/c(=C\C)c2c(c3ccccc13)C1(C(CC)=C(/C=C\C)c3ccc(-c4cc5ccccc5cc4C(N)=NC(=N)c4ccccc4)cc31)c1ccccc1-2. The van der Waals surface area contributed by atoms with Crippen molar-refractivity contribution in [3.63, 3.8) is 0 Å². The molecule has 0 aromatic heterocycles. The zero-order chi connectivity index (χ0) is 37.1. The molecule has 0 saturated heterocycles. The topological polar surface area (TPSA) is 62.2 Å². The van der Waals surface area contributed by atoms with E-state index in [4.69, 9.17) is 11.1 Å². The third-order valence-corrected chi connectivity index (χ3v) is 11.6. The first kappa shape index (κ1) is 33.3. The average Bonchev–Trinajstić information content (AvgIpc) is 3.67. The molecule has 0 fully saturated rings. The van der Waals surface area contributed by atoms with Gasteiger partial charge in [0, 0.05) is 11.1 Å². The van der Waals surface area contributed by atoms with Crippen LogP contribution in [0.3, 0.4) is 0 Å². The van der Waals surface area contributed by atoms with Crippen LogP contribution in [0, 0.1) is 5.41 Å². The number of hydrogen-bond donors (Lipinski definition) is 2. The van der Waals surface area contributed by atoms with Gasteiger partial charge in [-0.2, -0.15) is 0 Å². The maximum atomic E-state index is 8.83. The fraction of sp³-hybridized carbons (Fsp3) is 0.0980. The maximum absolute atomic E-state index is 8.83. The maximum Gasteiger partial charge on any atom is 0.154 e. The smallest absolute Gasteiger partial charge is 0.154 e. The van der Waals surface area contributed by atoms with Crippen molar-refractivity contribution in [3.8, 4) is 22.3 Å². The molecule has 0 aliphatic heterocycles. The average molecular weight is 696 g/mol. The third-order valence-electron chi connectivity index (χ3n) is 11.6. The van der Waals surface area contributed by atoms with Gasteiger partial charge in [-0.15, -0.1) is 0 Å². The number of allylic oxidation sites excluding steroid dienone is 4. The summed E-state index contributed by atoms with van der Waals surface area (Å²) >= 11 is 0. The van der Waals surface area contributed by atoms with Gasteiger partial charge in [-0.3, -0.25) is 5.41 Å². The van der Waals surface area contributed by atoms with Crippen LogP contribution in [-0.2, 0) is 5.41 Å². The zero-order valence-corrected chi connectivity index (χ0v) is 30.9. The van der Waals surface area contributed by atoms with E-state index in [-0.39, 0.29) is 5.84 Å². The molecule has 0 saturated carbocycles. The van der Waals surface area contributed by atoms with Crippen molar-refractivity contribution in [1.82, 2.24) is 0 Å². The first-order valence-electron chi connectivity index (χ1n) is 18.8. The lowest BCUT2D eigenvalue weighted by Crippen LogP contribution is -2.32. The highest BCUT2D eigenvalue weighted by molar-refractivity contribution is 6.14. The Morgan fingerprint density at radius 3 is 2.17 bits per heavy atom. The number of benzene rings is 7. The van der Waals surface area contributed by atoms with Crippen LogP contribution in [0.1, 0.15) is 60.6 Å². The molecule has 2 aliphatic carbocycles. The molecule has 0 amide bonds. The highest BCUT2D eigenvalue weighted by Gasteiger charge is 2.53. The van der Waals surface area contributed by atoms with Gasteiger partial charge in [-0.05, 0) is 126 Å². The molecule has 2 aliphatic rings. The second kappa shape index (κ2) is 12.8. The molecule has 1 atom stereocenters. The van der Waals surface area contributed by atoms with Crippen molar-refractivity contribution < 1.29 is 0 Å². The quantitative estimate of drug-likeness (QED) is 0.137. The summed E-state index contributed by atoms with van der Waals surface area (Å²) < 4.78 is 0. The Labute approximate surface area is 316 Å². The molecule has 3 N–H and O–H groups in total. The number of nitrogens with two attached hydrogens (primary N) is 1. The number of aliphatic imine (C=N–C) groups is 1. The Kier molecular flexibility index (Phi) is 7.90. The summed E-state index contributed by atoms with van der Waals surface area (Å²) in [7, 11) is 0. The van der Waals surface area contributed by atoms with E-state index in [2.05, 4.69) is 148 Å². The number of nitrogens with zero attached hydrogens (tertiary/aromatic N) is 1. The minimum Gasteiger partial charge on any atom is -0.383 e. The number of amidine groups is 2. The molecular formula is C51H41N3. The Morgan fingerprint density at radius 1 is 0.741 bits per heavy atom. The second-order valence-corrected chi connectivity index (χ2v) is 14.2. The molecule has 9 rings (SSSR count). The van der Waals surface area contributed by atoms with Crippen molar-refractivity contribution in [1.29, 1.82) is 5.41 Å². The lowest BCUT2D eigenvalue weighted by atomic mass is 9.67. The molecule has 3 heteroatoms. The van der Waals surface area contributed by atoms with E-state index in [1.807, 2.05) is 36.4 Å². The summed E-state index contributed by atoms with van der Waals surface area (Å²) in [5.41, 5.74) is 20.3. The Hall–Kier alpha value is -6.58. The minimum atomic E-state index is -0.530. The van der Waals surface area contributed by atoms with Crippen LogP contribution < -0.4 is 16.2 Å². The fourth-order valence-electron chi connectivity index (χ4n) is 9.40. The van der Waals surface area contributed by atoms with Crippen LogP contribution in [0.2, 0.25) is 0 Å². The summed E-state index contributed by atoms with van der Waals surface area (Å²) in [6, 6.07) is 47.1. The van der Waals surface area contributed by atoms with Crippen LogP contribution >= 0.6 is 0 Å². The van der Waals surface area contributed by atoms with Gasteiger partial charge in [0.15, 0.2) is 5.84 Å². The highest BCUT2D eigenvalue weighted by Crippen LogP contribution is 2.63. The predicted octanol–water partition coefficient (Wildman–Crippen LogP) is 10.7. The van der Waals surface area contributed by atoms with Crippen LogP contribution in [-0.4, -0.2) is 11.7 Å². The predicted molar refractivity (Wildman–Crippen MR) is 230 cm³/mol. The minimum absolute atomic E-state index is 0.132. The summed E-state index contributed by atoms with van der Waals surface area (Å²) in [6.45, 7) is 11.2. The lowest BCUT2D eigenvalue weighted by Gasteiger charge is -2.34. The van der Waals surface area contributed by atoms with Gasteiger partial charge in [0.25, 0.3) is 0 Å². The summed E-state index contributed by atoms with van der Waals surface area (Å²) in [6.07, 6.45) is 7.60. The molecule has 54 heavy (non-hydrogen) atoms. The van der Waals surface area contributed by atoms with Gasteiger partial charge in [0.05, 0.1) is 5.41 Å². The van der Waals surface area contributed by atoms with Gasteiger partial charge in [0.1, 0.15) is 5.84 Å². The lowest BCUT2D eigenvalue weighted by molar-refractivity contribution is 0.738. The molecule has 0 bridgehead atoms. The Morgan fingerprint density at radius 2 is 1.43 bits per heavy atom. The summed E-state index contributed by atoms with van der Waals surface area (Å²) in [5.74, 6) is 0.447. The van der Waals surface area contributed by atoms with E-state index in [0.717, 1.165) is 44.7 Å². The second-order valence-electron chi connectivity index (χ2n) is 14.2. The van der Waals surface area contributed by atoms with Crippen molar-refractivity contribution in [2.45, 2.75) is 32.6 Å². The normalized spacial score (nSPS) is 16.5. The molecule has 260 valence electrons. The van der Waals surface area contributed by atoms with E-state index in [0.29, 0.717) is 5.84 Å². The van der Waals surface area contributed by atoms with Crippen molar-refractivity contribution in [2.75, 3.05) is 0 Å². The van der Waals surface area contributed by atoms with Crippen LogP contribution in [0.4, 0.5) is 0 Å². The molecule has 3 nitrogen and oxygen atoms in total. The van der Waals surface area contributed by atoms with Crippen molar-refractivity contribution in [3.05, 3.63) is 195 Å². The first-order valence-corrected chi connectivity index (χ1v) is 18.8. The zero-order valence-electron chi connectivity index (χ0n) is 30.9. The number of fused-ring (bicyclic) bond motifs is 10. The van der Waals surface area contributed by atoms with E-state index < -0.39 is 5.41 Å². The summed E-state index contributed by atoms with van der Waals surface area (Å²) in [4.78, 5) is 4.69. The first-order chi connectivity index (χ1) is 26.4. The van der Waals surface area contributed by atoms with Gasteiger partial charge in [-0.25, -0.2) is 4.99 Å². The molecule has 1 unspecified atom stereocenters. The molecule has 0 heterocycles. The third kappa shape index (κ3) is 4.68. The highest BCUT2D eigenvalue weighted by atomic mass is 14.9. The van der Waals surface area contributed by atoms with Gasteiger partial charge >= 0.3 is 0 Å². The molecular weight excluding hydrogens is 655 g/mol. The Balaban J connectivity index is 1.39. The van der Waals surface area contributed by atoms with Gasteiger partial charge < -0.3 is 5.73 Å². The monoisotopic (exact) mass is 695 g/mol. The van der Waals surface area contributed by atoms with Crippen molar-refractivity contribution >= 4 is 51.4 Å². The number of nitrogens with one attached hydrogen (secondary N) is 1. The van der Waals surface area contributed by atoms with Crippen LogP contribution in [0.5, 0.6) is 0 Å². The molecule has 0 radical (unpaired) electrons. The summed E-state index contributed by atoms with van der Waals surface area (Å²) in [5, 5.41) is 15.7. The van der Waals surface area contributed by atoms with E-state index in [1.54, 1.807) is 0 Å². The number of hydrogen-bond acceptors (Lipinski definition) is 1. The molecule has 1 spiro atoms. The Bertz CT molecular complexity index is 2930. The standard InChI is InChI=1S/C51H41N3/c1-5-17-38-39-27-26-35(42-28-33-20-11-12-21-34(33)29-43(42)50(53)54-49(52)32-18-9-8-10-19-32)30-46(39)51(44(38)7-3)45-25-16-15-24-41(45)47-36(6-2)31(4)37-22-13-14-23-40(37)48(47)51/h5-6,8-30H,4,7H2,1-3H3,(H3,52,53,54)/b17-5-,36-6+. The van der Waals surface area contributed by atoms with E-state index in [9.17, 15) is 0 Å².